The van der Waals surface area contributed by atoms with Crippen LogP contribution in [0.1, 0.15) is 5.56 Å². The Balaban J connectivity index is 1.63. The topological polar surface area (TPSA) is 55.5 Å². The summed E-state index contributed by atoms with van der Waals surface area (Å²) in [4.78, 5) is 1.94. The molecule has 1 aromatic carbocycles. The third kappa shape index (κ3) is 2.99. The molecule has 132 valence electrons. The van der Waals surface area contributed by atoms with Crippen LogP contribution in [0.2, 0.25) is 0 Å². The number of hydrogen-bond donors (Lipinski definition) is 0. The number of thiophene rings is 1. The molecule has 8 heteroatoms. The Hall–Kier alpha value is -3.00. The van der Waals surface area contributed by atoms with Gasteiger partial charge in [0, 0.05) is 24.5 Å². The molecule has 0 aliphatic heterocycles. The van der Waals surface area contributed by atoms with E-state index in [-0.39, 0.29) is 11.6 Å². The lowest BCUT2D eigenvalue weighted by Gasteiger charge is -2.18. The van der Waals surface area contributed by atoms with Crippen LogP contribution in [0, 0.1) is 5.82 Å². The first-order valence-electron chi connectivity index (χ1n) is 7.94. The van der Waals surface area contributed by atoms with Gasteiger partial charge in [-0.25, -0.2) is 4.39 Å². The minimum Gasteiger partial charge on any atom is -0.494 e. The van der Waals surface area contributed by atoms with Crippen molar-refractivity contribution in [1.29, 1.82) is 0 Å². The van der Waals surface area contributed by atoms with Crippen LogP contribution in [-0.2, 0) is 6.54 Å². The van der Waals surface area contributed by atoms with E-state index in [1.165, 1.54) is 13.2 Å². The molecule has 0 spiro atoms. The van der Waals surface area contributed by atoms with Gasteiger partial charge in [0.05, 0.1) is 7.11 Å². The van der Waals surface area contributed by atoms with Crippen LogP contribution in [0.3, 0.4) is 0 Å². The molecular weight excluding hydrogens is 353 g/mol. The van der Waals surface area contributed by atoms with Crippen LogP contribution in [-0.4, -0.2) is 34.0 Å². The van der Waals surface area contributed by atoms with Gasteiger partial charge in [-0.05, 0) is 41.3 Å². The van der Waals surface area contributed by atoms with Gasteiger partial charge >= 0.3 is 0 Å². The summed E-state index contributed by atoms with van der Waals surface area (Å²) in [6.07, 6.45) is 0. The quantitative estimate of drug-likeness (QED) is 0.538. The number of nitrogens with zero attached hydrogens (tertiary/aromatic N) is 5. The largest absolute Gasteiger partial charge is 0.494 e. The van der Waals surface area contributed by atoms with E-state index in [1.54, 1.807) is 21.9 Å². The van der Waals surface area contributed by atoms with Crippen molar-refractivity contribution in [3.8, 4) is 17.1 Å². The molecule has 0 N–H and O–H groups in total. The van der Waals surface area contributed by atoms with Crippen LogP contribution in [0.5, 0.6) is 5.75 Å². The molecule has 0 amide bonds. The molecule has 3 aromatic heterocycles. The maximum Gasteiger partial charge on any atom is 0.186 e. The fourth-order valence-electron chi connectivity index (χ4n) is 2.72. The second kappa shape index (κ2) is 6.72. The van der Waals surface area contributed by atoms with Crippen LogP contribution in [0.15, 0.2) is 47.2 Å². The Kier molecular flexibility index (Phi) is 4.26. The molecule has 6 nitrogen and oxygen atoms in total. The van der Waals surface area contributed by atoms with Gasteiger partial charge in [-0.15, -0.1) is 15.3 Å². The number of anilines is 1. The SMILES string of the molecule is COc1ccc(CN(C)c2ccc3nnc(-c4ccsc4)n3n2)cc1F. The lowest BCUT2D eigenvalue weighted by Crippen LogP contribution is -2.19. The van der Waals surface area contributed by atoms with Crippen LogP contribution in [0.25, 0.3) is 17.0 Å². The summed E-state index contributed by atoms with van der Waals surface area (Å²) in [6.45, 7) is 0.509. The molecular formula is C18H16FN5OS. The van der Waals surface area contributed by atoms with Crippen LogP contribution in [0.4, 0.5) is 10.2 Å². The molecule has 0 atom stereocenters. The van der Waals surface area contributed by atoms with Crippen molar-refractivity contribution in [3.63, 3.8) is 0 Å². The molecule has 3 heterocycles. The minimum atomic E-state index is -0.375. The normalized spacial score (nSPS) is 11.0. The number of methoxy groups -OCH3 is 1. The van der Waals surface area contributed by atoms with E-state index >= 15 is 0 Å². The average Bonchev–Trinajstić information content (AvgIpc) is 3.30. The number of aromatic nitrogens is 4. The van der Waals surface area contributed by atoms with E-state index in [2.05, 4.69) is 15.3 Å². The first-order chi connectivity index (χ1) is 12.7. The van der Waals surface area contributed by atoms with Crippen molar-refractivity contribution in [2.45, 2.75) is 6.54 Å². The number of fused-ring (bicyclic) bond motifs is 1. The summed E-state index contributed by atoms with van der Waals surface area (Å²) in [5.74, 6) is 1.30. The zero-order valence-corrected chi connectivity index (χ0v) is 15.1. The van der Waals surface area contributed by atoms with Crippen LogP contribution < -0.4 is 9.64 Å². The monoisotopic (exact) mass is 369 g/mol. The number of halogens is 1. The lowest BCUT2D eigenvalue weighted by molar-refractivity contribution is 0.386. The Morgan fingerprint density at radius 1 is 1.19 bits per heavy atom. The van der Waals surface area contributed by atoms with Crippen LogP contribution >= 0.6 is 11.3 Å². The van der Waals surface area contributed by atoms with Gasteiger partial charge in [0.2, 0.25) is 0 Å². The van der Waals surface area contributed by atoms with Crippen molar-refractivity contribution in [2.75, 3.05) is 19.1 Å². The minimum absolute atomic E-state index is 0.237. The third-order valence-electron chi connectivity index (χ3n) is 4.06. The van der Waals surface area contributed by atoms with E-state index in [1.807, 2.05) is 47.0 Å². The lowest BCUT2D eigenvalue weighted by atomic mass is 10.2. The van der Waals surface area contributed by atoms with Gasteiger partial charge in [-0.2, -0.15) is 15.9 Å². The molecule has 26 heavy (non-hydrogen) atoms. The summed E-state index contributed by atoms with van der Waals surface area (Å²) in [5.41, 5.74) is 2.49. The number of hydrogen-bond acceptors (Lipinski definition) is 6. The number of benzene rings is 1. The zero-order valence-electron chi connectivity index (χ0n) is 14.3. The van der Waals surface area contributed by atoms with Gasteiger partial charge in [-0.3, -0.25) is 0 Å². The standard InChI is InChI=1S/C18H16FN5OS/c1-23(10-12-3-4-15(25-2)14(19)9-12)17-6-5-16-20-21-18(24(16)22-17)13-7-8-26-11-13/h3-9,11H,10H2,1-2H3. The molecule has 0 aliphatic carbocycles. The Morgan fingerprint density at radius 3 is 2.81 bits per heavy atom. The maximum atomic E-state index is 13.9. The van der Waals surface area contributed by atoms with Crippen molar-refractivity contribution in [2.24, 2.45) is 0 Å². The zero-order chi connectivity index (χ0) is 18.1. The number of ether oxygens (including phenoxy) is 1. The molecule has 0 saturated carbocycles. The summed E-state index contributed by atoms with van der Waals surface area (Å²) in [5, 5.41) is 17.0. The molecule has 0 fully saturated rings. The predicted octanol–water partition coefficient (Wildman–Crippen LogP) is 3.64. The highest BCUT2D eigenvalue weighted by molar-refractivity contribution is 7.08. The van der Waals surface area contributed by atoms with E-state index in [0.717, 1.165) is 16.9 Å². The maximum absolute atomic E-state index is 13.9. The Bertz CT molecular complexity index is 1050. The molecule has 4 aromatic rings. The first-order valence-corrected chi connectivity index (χ1v) is 8.88. The van der Waals surface area contributed by atoms with Crippen molar-refractivity contribution in [1.82, 2.24) is 19.8 Å². The van der Waals surface area contributed by atoms with E-state index in [4.69, 9.17) is 4.74 Å². The van der Waals surface area contributed by atoms with Crippen molar-refractivity contribution < 1.29 is 9.13 Å². The Labute approximate surface area is 153 Å². The summed E-state index contributed by atoms with van der Waals surface area (Å²) in [6, 6.07) is 10.7. The predicted molar refractivity (Wildman–Crippen MR) is 99.2 cm³/mol. The average molecular weight is 369 g/mol. The highest BCUT2D eigenvalue weighted by Gasteiger charge is 2.13. The van der Waals surface area contributed by atoms with Crippen molar-refractivity contribution >= 4 is 22.8 Å². The second-order valence-electron chi connectivity index (χ2n) is 5.82. The second-order valence-corrected chi connectivity index (χ2v) is 6.60. The van der Waals surface area contributed by atoms with E-state index in [0.29, 0.717) is 18.0 Å². The Morgan fingerprint density at radius 2 is 2.08 bits per heavy atom. The van der Waals surface area contributed by atoms with E-state index in [9.17, 15) is 4.39 Å². The molecule has 0 saturated heterocycles. The highest BCUT2D eigenvalue weighted by Crippen LogP contribution is 2.23. The van der Waals surface area contributed by atoms with Gasteiger partial charge < -0.3 is 9.64 Å². The fraction of sp³-hybridized carbons (Fsp3) is 0.167. The smallest absolute Gasteiger partial charge is 0.186 e. The fourth-order valence-corrected chi connectivity index (χ4v) is 3.35. The molecule has 0 bridgehead atoms. The molecule has 0 radical (unpaired) electrons. The number of rotatable bonds is 5. The van der Waals surface area contributed by atoms with E-state index < -0.39 is 0 Å². The summed E-state index contributed by atoms with van der Waals surface area (Å²) in [7, 11) is 3.36. The third-order valence-corrected chi connectivity index (χ3v) is 4.74. The molecule has 0 unspecified atom stereocenters. The summed E-state index contributed by atoms with van der Waals surface area (Å²) >= 11 is 1.60. The van der Waals surface area contributed by atoms with Crippen molar-refractivity contribution in [3.05, 3.63) is 58.5 Å². The van der Waals surface area contributed by atoms with Gasteiger partial charge in [0.25, 0.3) is 0 Å². The first kappa shape index (κ1) is 16.5. The van der Waals surface area contributed by atoms with Gasteiger partial charge in [0.1, 0.15) is 5.82 Å². The highest BCUT2D eigenvalue weighted by atomic mass is 32.1. The molecule has 0 aliphatic rings. The van der Waals surface area contributed by atoms with Gasteiger partial charge in [0.15, 0.2) is 23.0 Å². The summed E-state index contributed by atoms with van der Waals surface area (Å²) < 4.78 is 20.6. The molecule has 4 rings (SSSR count). The van der Waals surface area contributed by atoms with Gasteiger partial charge in [-0.1, -0.05) is 6.07 Å².